The van der Waals surface area contributed by atoms with Crippen LogP contribution in [0.3, 0.4) is 0 Å². The molecule has 0 aliphatic heterocycles. The number of esters is 2. The molecule has 0 aromatic heterocycles. The second-order valence-corrected chi connectivity index (χ2v) is 5.86. The lowest BCUT2D eigenvalue weighted by Crippen LogP contribution is -2.30. The number of hydrogen-bond acceptors (Lipinski definition) is 3. The van der Waals surface area contributed by atoms with Gasteiger partial charge in [-0.2, -0.15) is 0 Å². The maximum Gasteiger partial charge on any atom is 0.337 e. The normalized spacial score (nSPS) is 25.1. The molecule has 0 aromatic rings. The van der Waals surface area contributed by atoms with E-state index >= 15 is 0 Å². The van der Waals surface area contributed by atoms with E-state index in [0.717, 1.165) is 31.8 Å². The highest BCUT2D eigenvalue weighted by atomic mass is 16.6. The average Bonchev–Trinajstić information content (AvgIpc) is 2.27. The fraction of sp³-hybridized carbons (Fsp3) is 0.714. The topological polar surface area (TPSA) is 43.4 Å². The van der Waals surface area contributed by atoms with Crippen LogP contribution in [0.1, 0.15) is 46.5 Å². The van der Waals surface area contributed by atoms with E-state index in [4.69, 9.17) is 0 Å². The maximum atomic E-state index is 11.6. The zero-order valence-electron chi connectivity index (χ0n) is 11.0. The molecule has 3 heteroatoms. The number of rotatable bonds is 2. The Balaban J connectivity index is 2.44. The number of carbonyl (C=O) groups excluding carboxylic acids is 2. The first-order chi connectivity index (χ1) is 7.84. The van der Waals surface area contributed by atoms with Crippen molar-refractivity contribution in [3.63, 3.8) is 0 Å². The van der Waals surface area contributed by atoms with Crippen LogP contribution in [-0.4, -0.2) is 11.9 Å². The van der Waals surface area contributed by atoms with Crippen LogP contribution in [0.15, 0.2) is 12.7 Å². The first-order valence-corrected chi connectivity index (χ1v) is 6.22. The van der Waals surface area contributed by atoms with Gasteiger partial charge >= 0.3 is 11.9 Å². The molecule has 0 saturated heterocycles. The van der Waals surface area contributed by atoms with Crippen LogP contribution >= 0.6 is 0 Å². The molecular formula is C14H22O3. The van der Waals surface area contributed by atoms with Gasteiger partial charge in [0.2, 0.25) is 0 Å². The molecule has 1 fully saturated rings. The minimum atomic E-state index is -0.645. The van der Waals surface area contributed by atoms with Crippen molar-refractivity contribution < 1.29 is 14.3 Å². The third-order valence-corrected chi connectivity index (χ3v) is 3.65. The van der Waals surface area contributed by atoms with Gasteiger partial charge in [0.15, 0.2) is 0 Å². The fourth-order valence-corrected chi connectivity index (χ4v) is 2.42. The Morgan fingerprint density at radius 2 is 1.71 bits per heavy atom. The zero-order chi connectivity index (χ0) is 13.1. The minimum absolute atomic E-state index is 0.113. The second kappa shape index (κ2) is 5.48. The molecule has 0 spiro atoms. The highest BCUT2D eigenvalue weighted by Crippen LogP contribution is 2.40. The molecule has 1 aliphatic rings. The van der Waals surface area contributed by atoms with Crippen molar-refractivity contribution >= 4 is 11.9 Å². The summed E-state index contributed by atoms with van der Waals surface area (Å²) in [4.78, 5) is 22.6. The third-order valence-electron chi connectivity index (χ3n) is 3.65. The van der Waals surface area contributed by atoms with E-state index in [1.54, 1.807) is 0 Å². The van der Waals surface area contributed by atoms with Gasteiger partial charge in [0.1, 0.15) is 0 Å². The van der Waals surface area contributed by atoms with Crippen molar-refractivity contribution in [2.75, 3.05) is 0 Å². The lowest BCUT2D eigenvalue weighted by atomic mass is 9.70. The number of hydrogen-bond donors (Lipinski definition) is 0. The van der Waals surface area contributed by atoms with Crippen molar-refractivity contribution in [2.24, 2.45) is 17.3 Å². The Labute approximate surface area is 103 Å². The Morgan fingerprint density at radius 3 is 2.12 bits per heavy atom. The van der Waals surface area contributed by atoms with Crippen LogP contribution in [0.4, 0.5) is 0 Å². The Morgan fingerprint density at radius 1 is 1.18 bits per heavy atom. The maximum absolute atomic E-state index is 11.6. The van der Waals surface area contributed by atoms with Crippen LogP contribution in [0.5, 0.6) is 0 Å². The smallest absolute Gasteiger partial charge is 0.337 e. The molecule has 0 bridgehead atoms. The zero-order valence-corrected chi connectivity index (χ0v) is 11.0. The van der Waals surface area contributed by atoms with Crippen LogP contribution < -0.4 is 0 Å². The highest BCUT2D eigenvalue weighted by molar-refractivity contribution is 5.92. The Kier molecular flexibility index (Phi) is 4.49. The number of carbonyl (C=O) groups is 2. The SMILES string of the molecule is C=CC(=O)OC(=O)C1CCC(C(C)(C)C)CC1. The molecule has 0 unspecified atom stereocenters. The average molecular weight is 238 g/mol. The van der Waals surface area contributed by atoms with Gasteiger partial charge in [0, 0.05) is 6.08 Å². The fourth-order valence-electron chi connectivity index (χ4n) is 2.42. The molecule has 1 saturated carbocycles. The second-order valence-electron chi connectivity index (χ2n) is 5.86. The first-order valence-electron chi connectivity index (χ1n) is 6.22. The van der Waals surface area contributed by atoms with E-state index in [9.17, 15) is 9.59 Å². The van der Waals surface area contributed by atoms with Crippen LogP contribution in [0, 0.1) is 17.3 Å². The van der Waals surface area contributed by atoms with E-state index in [2.05, 4.69) is 32.1 Å². The van der Waals surface area contributed by atoms with E-state index in [-0.39, 0.29) is 11.9 Å². The van der Waals surface area contributed by atoms with Crippen molar-refractivity contribution in [2.45, 2.75) is 46.5 Å². The molecule has 3 nitrogen and oxygen atoms in total. The summed E-state index contributed by atoms with van der Waals surface area (Å²) >= 11 is 0. The summed E-state index contributed by atoms with van der Waals surface area (Å²) in [6.45, 7) is 9.98. The van der Waals surface area contributed by atoms with Gasteiger partial charge in [-0.15, -0.1) is 0 Å². The summed E-state index contributed by atoms with van der Waals surface area (Å²) in [7, 11) is 0. The molecule has 17 heavy (non-hydrogen) atoms. The summed E-state index contributed by atoms with van der Waals surface area (Å²) < 4.78 is 4.66. The quantitative estimate of drug-likeness (QED) is 0.422. The minimum Gasteiger partial charge on any atom is -0.390 e. The predicted molar refractivity (Wildman–Crippen MR) is 66.2 cm³/mol. The molecule has 0 atom stereocenters. The summed E-state index contributed by atoms with van der Waals surface area (Å²) in [5.41, 5.74) is 0.297. The van der Waals surface area contributed by atoms with Crippen LogP contribution in [-0.2, 0) is 14.3 Å². The van der Waals surface area contributed by atoms with E-state index in [1.165, 1.54) is 0 Å². The van der Waals surface area contributed by atoms with Crippen LogP contribution in [0.25, 0.3) is 0 Å². The van der Waals surface area contributed by atoms with Gasteiger partial charge in [-0.3, -0.25) is 4.79 Å². The van der Waals surface area contributed by atoms with Gasteiger partial charge in [-0.1, -0.05) is 27.4 Å². The van der Waals surface area contributed by atoms with Gasteiger partial charge in [0.05, 0.1) is 5.92 Å². The molecule has 0 N–H and O–H groups in total. The summed E-state index contributed by atoms with van der Waals surface area (Å²) in [5.74, 6) is -0.491. The molecule has 1 rings (SSSR count). The predicted octanol–water partition coefficient (Wildman–Crippen LogP) is 3.09. The standard InChI is InChI=1S/C14H22O3/c1-5-12(15)17-13(16)10-6-8-11(9-7-10)14(2,3)4/h5,10-11H,1,6-9H2,2-4H3. The third kappa shape index (κ3) is 3.99. The van der Waals surface area contributed by atoms with E-state index < -0.39 is 5.97 Å². The lowest BCUT2D eigenvalue weighted by Gasteiger charge is -2.36. The van der Waals surface area contributed by atoms with Crippen molar-refractivity contribution in [3.8, 4) is 0 Å². The Bertz CT molecular complexity index is 304. The van der Waals surface area contributed by atoms with E-state index in [0.29, 0.717) is 11.3 Å². The monoisotopic (exact) mass is 238 g/mol. The largest absolute Gasteiger partial charge is 0.390 e. The van der Waals surface area contributed by atoms with Crippen molar-refractivity contribution in [3.05, 3.63) is 12.7 Å². The molecule has 0 amide bonds. The van der Waals surface area contributed by atoms with Gasteiger partial charge in [-0.05, 0) is 37.0 Å². The van der Waals surface area contributed by atoms with Gasteiger partial charge < -0.3 is 4.74 Å². The van der Waals surface area contributed by atoms with E-state index in [1.807, 2.05) is 0 Å². The first kappa shape index (κ1) is 13.9. The highest BCUT2D eigenvalue weighted by Gasteiger charge is 2.33. The summed E-state index contributed by atoms with van der Waals surface area (Å²) in [6.07, 6.45) is 4.74. The number of ether oxygens (including phenoxy) is 1. The molecule has 1 aliphatic carbocycles. The molecule has 0 heterocycles. The molecule has 0 aromatic carbocycles. The lowest BCUT2D eigenvalue weighted by molar-refractivity contribution is -0.160. The van der Waals surface area contributed by atoms with Crippen LogP contribution in [0.2, 0.25) is 0 Å². The summed E-state index contributed by atoms with van der Waals surface area (Å²) in [6, 6.07) is 0. The van der Waals surface area contributed by atoms with Crippen molar-refractivity contribution in [1.29, 1.82) is 0 Å². The summed E-state index contributed by atoms with van der Waals surface area (Å²) in [5, 5.41) is 0. The van der Waals surface area contributed by atoms with Gasteiger partial charge in [-0.25, -0.2) is 4.79 Å². The molecular weight excluding hydrogens is 216 g/mol. The van der Waals surface area contributed by atoms with Gasteiger partial charge in [0.25, 0.3) is 0 Å². The van der Waals surface area contributed by atoms with Crippen molar-refractivity contribution in [1.82, 2.24) is 0 Å². The Hall–Kier alpha value is -1.12. The molecule has 96 valence electrons. The molecule has 0 radical (unpaired) electrons.